The molecule has 6 heteroatoms. The van der Waals surface area contributed by atoms with E-state index in [2.05, 4.69) is 15.3 Å². The van der Waals surface area contributed by atoms with Crippen molar-refractivity contribution in [1.29, 1.82) is 0 Å². The van der Waals surface area contributed by atoms with Crippen molar-refractivity contribution >= 4 is 28.4 Å². The van der Waals surface area contributed by atoms with Gasteiger partial charge < -0.3 is 16.0 Å². The van der Waals surface area contributed by atoms with Crippen LogP contribution < -0.4 is 11.1 Å². The van der Waals surface area contributed by atoms with Crippen molar-refractivity contribution in [3.63, 3.8) is 0 Å². The number of amides is 1. The first-order valence-corrected chi connectivity index (χ1v) is 8.32. The molecule has 1 fully saturated rings. The molecule has 2 aromatic carbocycles. The molecule has 0 spiro atoms. The first-order chi connectivity index (χ1) is 12.2. The number of aromatic nitrogens is 2. The Morgan fingerprint density at radius 3 is 2.80 bits per heavy atom. The number of benzene rings is 2. The molecule has 0 saturated carbocycles. The highest BCUT2D eigenvalue weighted by Crippen LogP contribution is 2.18. The van der Waals surface area contributed by atoms with Crippen molar-refractivity contribution in [2.45, 2.75) is 12.5 Å². The maximum atomic E-state index is 12.6. The molecule has 0 aliphatic carbocycles. The Morgan fingerprint density at radius 1 is 1.16 bits per heavy atom. The van der Waals surface area contributed by atoms with Crippen molar-refractivity contribution in [3.8, 4) is 0 Å². The summed E-state index contributed by atoms with van der Waals surface area (Å²) in [5.41, 5.74) is 7.91. The number of nitrogens with two attached hydrogens (primary N) is 1. The van der Waals surface area contributed by atoms with Crippen LogP contribution in [-0.2, 0) is 0 Å². The van der Waals surface area contributed by atoms with Crippen LogP contribution in [0.3, 0.4) is 0 Å². The fourth-order valence-corrected chi connectivity index (χ4v) is 3.10. The molecule has 3 N–H and O–H groups in total. The van der Waals surface area contributed by atoms with E-state index in [4.69, 9.17) is 5.73 Å². The zero-order chi connectivity index (χ0) is 17.2. The second-order valence-electron chi connectivity index (χ2n) is 6.26. The minimum atomic E-state index is 0.0312. The van der Waals surface area contributed by atoms with Crippen LogP contribution >= 0.6 is 0 Å². The third kappa shape index (κ3) is 3.24. The molecule has 1 atom stereocenters. The van der Waals surface area contributed by atoms with E-state index in [-0.39, 0.29) is 11.9 Å². The number of fused-ring (bicyclic) bond motifs is 1. The zero-order valence-electron chi connectivity index (χ0n) is 13.7. The van der Waals surface area contributed by atoms with Gasteiger partial charge in [-0.05, 0) is 36.8 Å². The standard InChI is InChI=1S/C19H19N5O/c20-15-7-5-13(6-8-15)18(25)24-10-9-16(12-24)22-19-21-11-14-3-1-2-4-17(14)23-19/h1-8,11,16H,9-10,12,20H2,(H,21,22,23)/t16-/m1/s1. The number of hydrogen-bond donors (Lipinski definition) is 2. The van der Waals surface area contributed by atoms with Gasteiger partial charge in [-0.2, -0.15) is 0 Å². The quantitative estimate of drug-likeness (QED) is 0.720. The summed E-state index contributed by atoms with van der Waals surface area (Å²) >= 11 is 0. The molecule has 1 amide bonds. The second kappa shape index (κ2) is 6.39. The largest absolute Gasteiger partial charge is 0.399 e. The monoisotopic (exact) mass is 333 g/mol. The summed E-state index contributed by atoms with van der Waals surface area (Å²) < 4.78 is 0. The van der Waals surface area contributed by atoms with Crippen LogP contribution in [0.5, 0.6) is 0 Å². The zero-order valence-corrected chi connectivity index (χ0v) is 13.7. The molecular formula is C19H19N5O. The number of hydrogen-bond acceptors (Lipinski definition) is 5. The number of carbonyl (C=O) groups is 1. The lowest BCUT2D eigenvalue weighted by atomic mass is 10.2. The average Bonchev–Trinajstić information content (AvgIpc) is 3.10. The first-order valence-electron chi connectivity index (χ1n) is 8.32. The van der Waals surface area contributed by atoms with Crippen LogP contribution in [0.1, 0.15) is 16.8 Å². The van der Waals surface area contributed by atoms with Crippen LogP contribution in [0, 0.1) is 0 Å². The Labute approximate surface area is 145 Å². The van der Waals surface area contributed by atoms with Crippen molar-refractivity contribution < 1.29 is 4.79 Å². The third-order valence-electron chi connectivity index (χ3n) is 4.46. The van der Waals surface area contributed by atoms with Gasteiger partial charge in [-0.15, -0.1) is 0 Å². The molecule has 25 heavy (non-hydrogen) atoms. The summed E-state index contributed by atoms with van der Waals surface area (Å²) in [6, 6.07) is 15.1. The predicted molar refractivity (Wildman–Crippen MR) is 98.3 cm³/mol. The van der Waals surface area contributed by atoms with E-state index in [1.54, 1.807) is 24.3 Å². The molecule has 1 aromatic heterocycles. The van der Waals surface area contributed by atoms with Gasteiger partial charge in [0.1, 0.15) is 0 Å². The van der Waals surface area contributed by atoms with E-state index in [1.165, 1.54) is 0 Å². The Balaban J connectivity index is 1.43. The molecule has 1 aliphatic heterocycles. The summed E-state index contributed by atoms with van der Waals surface area (Å²) in [5.74, 6) is 0.634. The van der Waals surface area contributed by atoms with Crippen molar-refractivity contribution in [2.24, 2.45) is 0 Å². The maximum absolute atomic E-state index is 12.6. The van der Waals surface area contributed by atoms with E-state index in [9.17, 15) is 4.79 Å². The van der Waals surface area contributed by atoms with Crippen LogP contribution in [-0.4, -0.2) is 39.9 Å². The van der Waals surface area contributed by atoms with E-state index < -0.39 is 0 Å². The molecule has 3 aromatic rings. The van der Waals surface area contributed by atoms with Gasteiger partial charge in [-0.3, -0.25) is 4.79 Å². The van der Waals surface area contributed by atoms with E-state index >= 15 is 0 Å². The van der Waals surface area contributed by atoms with Gasteiger partial charge in [0, 0.05) is 42.0 Å². The summed E-state index contributed by atoms with van der Waals surface area (Å²) in [6.45, 7) is 1.36. The number of nitrogens with one attached hydrogen (secondary N) is 1. The minimum Gasteiger partial charge on any atom is -0.399 e. The molecule has 2 heterocycles. The van der Waals surface area contributed by atoms with Crippen molar-refractivity contribution in [3.05, 3.63) is 60.3 Å². The minimum absolute atomic E-state index is 0.0312. The lowest BCUT2D eigenvalue weighted by molar-refractivity contribution is 0.0791. The Bertz CT molecular complexity index is 909. The van der Waals surface area contributed by atoms with Gasteiger partial charge >= 0.3 is 0 Å². The summed E-state index contributed by atoms with van der Waals surface area (Å²) in [7, 11) is 0. The van der Waals surface area contributed by atoms with Gasteiger partial charge in [0.25, 0.3) is 5.91 Å². The molecule has 0 unspecified atom stereocenters. The number of para-hydroxylation sites is 1. The predicted octanol–water partition coefficient (Wildman–Crippen LogP) is 2.54. The van der Waals surface area contributed by atoms with Crippen LogP contribution in [0.2, 0.25) is 0 Å². The van der Waals surface area contributed by atoms with Crippen molar-refractivity contribution in [2.75, 3.05) is 24.1 Å². The Hall–Kier alpha value is -3.15. The van der Waals surface area contributed by atoms with Gasteiger partial charge in [-0.25, -0.2) is 9.97 Å². The summed E-state index contributed by atoms with van der Waals surface area (Å²) in [5, 5.41) is 4.36. The Morgan fingerprint density at radius 2 is 1.96 bits per heavy atom. The van der Waals surface area contributed by atoms with E-state index in [0.29, 0.717) is 30.3 Å². The summed E-state index contributed by atoms with van der Waals surface area (Å²) in [6.07, 6.45) is 2.69. The molecule has 0 radical (unpaired) electrons. The van der Waals surface area contributed by atoms with Crippen molar-refractivity contribution in [1.82, 2.24) is 14.9 Å². The van der Waals surface area contributed by atoms with Gasteiger partial charge in [0.05, 0.1) is 5.52 Å². The molecular weight excluding hydrogens is 314 g/mol. The highest BCUT2D eigenvalue weighted by atomic mass is 16.2. The molecule has 126 valence electrons. The fraction of sp³-hybridized carbons (Fsp3) is 0.211. The Kier molecular flexibility index (Phi) is 3.93. The van der Waals surface area contributed by atoms with Gasteiger partial charge in [0.15, 0.2) is 0 Å². The number of likely N-dealkylation sites (tertiary alicyclic amines) is 1. The summed E-state index contributed by atoms with van der Waals surface area (Å²) in [4.78, 5) is 23.3. The highest BCUT2D eigenvalue weighted by Gasteiger charge is 2.27. The molecule has 6 nitrogen and oxygen atoms in total. The highest BCUT2D eigenvalue weighted by molar-refractivity contribution is 5.94. The van der Waals surface area contributed by atoms with E-state index in [0.717, 1.165) is 17.3 Å². The lowest BCUT2D eigenvalue weighted by Gasteiger charge is -2.17. The molecule has 1 saturated heterocycles. The third-order valence-corrected chi connectivity index (χ3v) is 4.46. The fourth-order valence-electron chi connectivity index (χ4n) is 3.10. The number of carbonyl (C=O) groups excluding carboxylic acids is 1. The number of nitrogens with zero attached hydrogens (tertiary/aromatic N) is 3. The van der Waals surface area contributed by atoms with Gasteiger partial charge in [0.2, 0.25) is 5.95 Å². The van der Waals surface area contributed by atoms with Gasteiger partial charge in [-0.1, -0.05) is 18.2 Å². The van der Waals surface area contributed by atoms with Crippen LogP contribution in [0.15, 0.2) is 54.7 Å². The first kappa shape index (κ1) is 15.4. The average molecular weight is 333 g/mol. The number of rotatable bonds is 3. The lowest BCUT2D eigenvalue weighted by Crippen LogP contribution is -2.31. The molecule has 1 aliphatic rings. The topological polar surface area (TPSA) is 84.1 Å². The second-order valence-corrected chi connectivity index (χ2v) is 6.26. The smallest absolute Gasteiger partial charge is 0.253 e. The number of anilines is 2. The SMILES string of the molecule is Nc1ccc(C(=O)N2CC[C@@H](Nc3ncc4ccccc4n3)C2)cc1. The molecule has 0 bridgehead atoms. The van der Waals surface area contributed by atoms with E-state index in [1.807, 2.05) is 35.4 Å². The van der Waals surface area contributed by atoms with Crippen LogP contribution in [0.4, 0.5) is 11.6 Å². The maximum Gasteiger partial charge on any atom is 0.253 e. The number of nitrogen functional groups attached to an aromatic ring is 1. The normalized spacial score (nSPS) is 17.0. The molecule has 4 rings (SSSR count). The van der Waals surface area contributed by atoms with Crippen LogP contribution in [0.25, 0.3) is 10.9 Å².